The van der Waals surface area contributed by atoms with Gasteiger partial charge in [0.2, 0.25) is 0 Å². The fourth-order valence-corrected chi connectivity index (χ4v) is 3.26. The molecule has 0 amide bonds. The van der Waals surface area contributed by atoms with Crippen LogP contribution in [-0.2, 0) is 4.74 Å². The van der Waals surface area contributed by atoms with Gasteiger partial charge in [0.05, 0.1) is 24.2 Å². The van der Waals surface area contributed by atoms with Crippen molar-refractivity contribution in [3.8, 4) is 17.4 Å². The molecule has 150 valence electrons. The lowest BCUT2D eigenvalue weighted by Crippen LogP contribution is -2.26. The van der Waals surface area contributed by atoms with E-state index in [4.69, 9.17) is 21.1 Å². The zero-order valence-corrected chi connectivity index (χ0v) is 16.4. The van der Waals surface area contributed by atoms with Crippen LogP contribution in [0, 0.1) is 5.92 Å². The van der Waals surface area contributed by atoms with Gasteiger partial charge in [0.15, 0.2) is 0 Å². The molecule has 3 aromatic rings. The van der Waals surface area contributed by atoms with E-state index in [1.54, 1.807) is 48.9 Å². The fraction of sp³-hybridized carbons (Fsp3) is 0.300. The molecule has 1 saturated heterocycles. The van der Waals surface area contributed by atoms with Crippen molar-refractivity contribution in [1.29, 1.82) is 0 Å². The Hall–Kier alpha value is -2.97. The van der Waals surface area contributed by atoms with Crippen molar-refractivity contribution in [1.82, 2.24) is 19.7 Å². The van der Waals surface area contributed by atoms with E-state index in [0.29, 0.717) is 29.6 Å². The van der Waals surface area contributed by atoms with Crippen molar-refractivity contribution >= 4 is 17.3 Å². The lowest BCUT2D eigenvalue weighted by atomic mass is 10.0. The molecule has 0 radical (unpaired) electrons. The van der Waals surface area contributed by atoms with Crippen molar-refractivity contribution in [2.75, 3.05) is 25.1 Å². The Balaban J connectivity index is 1.46. The normalized spacial score (nSPS) is 16.4. The number of nitrogens with zero attached hydrogens (tertiary/aromatic N) is 4. The van der Waals surface area contributed by atoms with Crippen LogP contribution in [-0.4, -0.2) is 39.5 Å². The first-order chi connectivity index (χ1) is 14.2. The van der Waals surface area contributed by atoms with Gasteiger partial charge in [-0.3, -0.25) is 4.79 Å². The van der Waals surface area contributed by atoms with Gasteiger partial charge >= 0.3 is 6.01 Å². The Morgan fingerprint density at radius 2 is 2.03 bits per heavy atom. The van der Waals surface area contributed by atoms with Crippen molar-refractivity contribution in [3.05, 3.63) is 64.3 Å². The van der Waals surface area contributed by atoms with Gasteiger partial charge in [-0.1, -0.05) is 11.6 Å². The summed E-state index contributed by atoms with van der Waals surface area (Å²) in [4.78, 5) is 20.7. The van der Waals surface area contributed by atoms with Gasteiger partial charge in [0.25, 0.3) is 5.56 Å². The zero-order valence-electron chi connectivity index (χ0n) is 15.6. The van der Waals surface area contributed by atoms with Crippen molar-refractivity contribution in [2.45, 2.75) is 12.8 Å². The minimum Gasteiger partial charge on any atom is -0.424 e. The first-order valence-electron chi connectivity index (χ1n) is 9.35. The van der Waals surface area contributed by atoms with Crippen LogP contribution in [0.25, 0.3) is 5.69 Å². The number of aromatic nitrogens is 4. The summed E-state index contributed by atoms with van der Waals surface area (Å²) in [5.74, 6) is 0.954. The van der Waals surface area contributed by atoms with Crippen LogP contribution >= 0.6 is 11.6 Å². The molecule has 2 aromatic heterocycles. The van der Waals surface area contributed by atoms with Gasteiger partial charge in [-0.25, -0.2) is 9.97 Å². The third-order valence-corrected chi connectivity index (χ3v) is 4.95. The first-order valence-corrected chi connectivity index (χ1v) is 9.73. The molecule has 8 nitrogen and oxygen atoms in total. The lowest BCUT2D eigenvalue weighted by molar-refractivity contribution is 0.0595. The predicted octanol–water partition coefficient (Wildman–Crippen LogP) is 3.31. The molecular formula is C20H20ClN5O3. The van der Waals surface area contributed by atoms with Gasteiger partial charge in [0.1, 0.15) is 10.8 Å². The Labute approximate surface area is 172 Å². The van der Waals surface area contributed by atoms with E-state index in [2.05, 4.69) is 20.4 Å². The first kappa shape index (κ1) is 19.4. The molecule has 1 atom stereocenters. The second-order valence-electron chi connectivity index (χ2n) is 6.68. The highest BCUT2D eigenvalue weighted by Crippen LogP contribution is 2.21. The third-order valence-electron chi connectivity index (χ3n) is 4.59. The maximum Gasteiger partial charge on any atom is 0.321 e. The average Bonchev–Trinajstić information content (AvgIpc) is 2.77. The van der Waals surface area contributed by atoms with Gasteiger partial charge < -0.3 is 14.8 Å². The highest BCUT2D eigenvalue weighted by Gasteiger charge is 2.16. The monoisotopic (exact) mass is 413 g/mol. The molecule has 1 aliphatic heterocycles. The Morgan fingerprint density at radius 3 is 2.76 bits per heavy atom. The number of hydrogen-bond acceptors (Lipinski definition) is 7. The average molecular weight is 414 g/mol. The second-order valence-corrected chi connectivity index (χ2v) is 7.06. The van der Waals surface area contributed by atoms with Crippen LogP contribution in [0.2, 0.25) is 5.02 Å². The standard InChI is InChI=1S/C20H20ClN5O3/c21-18-17(24-11-14-3-1-10-28-13-14)12-25-26(19(18)27)15-4-6-16(7-5-15)29-20-22-8-2-9-23-20/h2,4-9,12,14,24H,1,3,10-11,13H2/t14-/m1/s1. The third kappa shape index (κ3) is 4.72. The molecule has 9 heteroatoms. The van der Waals surface area contributed by atoms with Crippen LogP contribution in [0.15, 0.2) is 53.7 Å². The molecule has 1 aromatic carbocycles. The highest BCUT2D eigenvalue weighted by molar-refractivity contribution is 6.32. The summed E-state index contributed by atoms with van der Waals surface area (Å²) in [6.07, 6.45) is 6.90. The second kappa shape index (κ2) is 9.02. The summed E-state index contributed by atoms with van der Waals surface area (Å²) in [5.41, 5.74) is 0.710. The summed E-state index contributed by atoms with van der Waals surface area (Å²) >= 11 is 6.30. The molecule has 4 rings (SSSR count). The Bertz CT molecular complexity index is 1000. The minimum absolute atomic E-state index is 0.106. The zero-order chi connectivity index (χ0) is 20.1. The lowest BCUT2D eigenvalue weighted by Gasteiger charge is -2.22. The van der Waals surface area contributed by atoms with E-state index in [1.165, 1.54) is 4.68 Å². The summed E-state index contributed by atoms with van der Waals surface area (Å²) < 4.78 is 12.3. The van der Waals surface area contributed by atoms with Crippen molar-refractivity contribution in [2.24, 2.45) is 5.92 Å². The maximum atomic E-state index is 12.7. The summed E-state index contributed by atoms with van der Waals surface area (Å²) in [6, 6.07) is 8.81. The van der Waals surface area contributed by atoms with E-state index < -0.39 is 5.56 Å². The number of ether oxygens (including phenoxy) is 2. The largest absolute Gasteiger partial charge is 0.424 e. The number of nitrogens with one attached hydrogen (secondary N) is 1. The molecular weight excluding hydrogens is 394 g/mol. The SMILES string of the molecule is O=c1c(Cl)c(NC[C@H]2CCCOC2)cnn1-c1ccc(Oc2ncccn2)cc1. The van der Waals surface area contributed by atoms with Crippen molar-refractivity contribution in [3.63, 3.8) is 0 Å². The fourth-order valence-electron chi connectivity index (χ4n) is 3.06. The molecule has 0 unspecified atom stereocenters. The van der Waals surface area contributed by atoms with Crippen LogP contribution in [0.5, 0.6) is 11.8 Å². The smallest absolute Gasteiger partial charge is 0.321 e. The van der Waals surface area contributed by atoms with Crippen LogP contribution in [0.1, 0.15) is 12.8 Å². The van der Waals surface area contributed by atoms with E-state index in [1.807, 2.05) is 0 Å². The quantitative estimate of drug-likeness (QED) is 0.662. The number of benzene rings is 1. The summed E-state index contributed by atoms with van der Waals surface area (Å²) in [7, 11) is 0. The van der Waals surface area contributed by atoms with Gasteiger partial charge in [-0.15, -0.1) is 0 Å². The molecule has 1 N–H and O–H groups in total. The van der Waals surface area contributed by atoms with E-state index in [9.17, 15) is 4.79 Å². The Kier molecular flexibility index (Phi) is 6.02. The molecule has 0 saturated carbocycles. The van der Waals surface area contributed by atoms with Gasteiger partial charge in [0, 0.05) is 25.5 Å². The van der Waals surface area contributed by atoms with Crippen molar-refractivity contribution < 1.29 is 9.47 Å². The van der Waals surface area contributed by atoms with E-state index in [0.717, 1.165) is 26.1 Å². The Morgan fingerprint density at radius 1 is 1.24 bits per heavy atom. The van der Waals surface area contributed by atoms with Gasteiger partial charge in [-0.2, -0.15) is 9.78 Å². The number of hydrogen-bond donors (Lipinski definition) is 1. The number of halogens is 1. The van der Waals surface area contributed by atoms with E-state index >= 15 is 0 Å². The topological polar surface area (TPSA) is 91.2 Å². The molecule has 0 bridgehead atoms. The molecule has 0 spiro atoms. The van der Waals surface area contributed by atoms with Crippen LogP contribution < -0.4 is 15.6 Å². The summed E-state index contributed by atoms with van der Waals surface area (Å²) in [5, 5.41) is 7.57. The molecule has 0 aliphatic carbocycles. The highest BCUT2D eigenvalue weighted by atomic mass is 35.5. The van der Waals surface area contributed by atoms with Crippen LogP contribution in [0.4, 0.5) is 5.69 Å². The molecule has 3 heterocycles. The number of rotatable bonds is 6. The number of anilines is 1. The summed E-state index contributed by atoms with van der Waals surface area (Å²) in [6.45, 7) is 2.23. The molecule has 1 aliphatic rings. The van der Waals surface area contributed by atoms with E-state index in [-0.39, 0.29) is 11.0 Å². The van der Waals surface area contributed by atoms with Crippen LogP contribution in [0.3, 0.4) is 0 Å². The molecule has 29 heavy (non-hydrogen) atoms. The predicted molar refractivity (Wildman–Crippen MR) is 109 cm³/mol. The minimum atomic E-state index is -0.392. The van der Waals surface area contributed by atoms with Gasteiger partial charge in [-0.05, 0) is 49.1 Å². The molecule has 1 fully saturated rings. The maximum absolute atomic E-state index is 12.7.